The molecule has 0 aliphatic heterocycles. The number of hydrogen-bond donors (Lipinski definition) is 1. The fourth-order valence-corrected chi connectivity index (χ4v) is 2.09. The van der Waals surface area contributed by atoms with Gasteiger partial charge in [-0.2, -0.15) is 0 Å². The lowest BCUT2D eigenvalue weighted by Crippen LogP contribution is -2.20. The molecule has 1 N–H and O–H groups in total. The molecule has 0 spiro atoms. The zero-order valence-corrected chi connectivity index (χ0v) is 11.5. The highest BCUT2D eigenvalue weighted by Gasteiger charge is 2.12. The summed E-state index contributed by atoms with van der Waals surface area (Å²) < 4.78 is 20.7. The van der Waals surface area contributed by atoms with Gasteiger partial charge in [-0.15, -0.1) is 0 Å². The molecule has 0 saturated carbocycles. The lowest BCUT2D eigenvalue weighted by atomic mass is 10.1. The number of benzene rings is 1. The number of halogens is 1. The van der Waals surface area contributed by atoms with Gasteiger partial charge in [-0.1, -0.05) is 0 Å². The van der Waals surface area contributed by atoms with E-state index in [9.17, 15) is 4.39 Å². The zero-order chi connectivity index (χ0) is 13.8. The van der Waals surface area contributed by atoms with E-state index in [1.54, 1.807) is 13.2 Å². The van der Waals surface area contributed by atoms with Crippen molar-refractivity contribution in [1.82, 2.24) is 9.88 Å². The van der Waals surface area contributed by atoms with Crippen LogP contribution in [0.25, 0.3) is 0 Å². The Balaban J connectivity index is 2.09. The average Bonchev–Trinajstić information content (AvgIpc) is 2.81. The molecule has 0 amide bonds. The number of rotatable bonds is 5. The summed E-state index contributed by atoms with van der Waals surface area (Å²) in [6.07, 6.45) is 2.00. The van der Waals surface area contributed by atoms with Gasteiger partial charge in [-0.05, 0) is 37.3 Å². The van der Waals surface area contributed by atoms with Crippen LogP contribution in [0.2, 0.25) is 0 Å². The fourth-order valence-electron chi connectivity index (χ4n) is 2.09. The Morgan fingerprint density at radius 3 is 2.79 bits per heavy atom. The molecule has 19 heavy (non-hydrogen) atoms. The predicted octanol–water partition coefficient (Wildman–Crippen LogP) is 3.02. The first-order valence-electron chi connectivity index (χ1n) is 6.29. The third-order valence-corrected chi connectivity index (χ3v) is 3.30. The molecule has 1 aromatic heterocycles. The maximum Gasteiger partial charge on any atom is 0.123 e. The first-order valence-corrected chi connectivity index (χ1v) is 6.29. The van der Waals surface area contributed by atoms with Gasteiger partial charge < -0.3 is 14.6 Å². The molecule has 1 heterocycles. The number of aryl methyl sites for hydroxylation is 1. The zero-order valence-electron chi connectivity index (χ0n) is 11.5. The van der Waals surface area contributed by atoms with E-state index >= 15 is 0 Å². The first-order chi connectivity index (χ1) is 9.11. The van der Waals surface area contributed by atoms with E-state index in [0.29, 0.717) is 5.75 Å². The van der Waals surface area contributed by atoms with E-state index in [4.69, 9.17) is 4.74 Å². The number of methoxy groups -OCH3 is 1. The lowest BCUT2D eigenvalue weighted by Gasteiger charge is -2.17. The molecule has 1 atom stereocenters. The minimum absolute atomic E-state index is 0.0144. The molecule has 0 saturated heterocycles. The smallest absolute Gasteiger partial charge is 0.123 e. The molecule has 4 heteroatoms. The monoisotopic (exact) mass is 262 g/mol. The van der Waals surface area contributed by atoms with Crippen LogP contribution in [0.15, 0.2) is 36.5 Å². The summed E-state index contributed by atoms with van der Waals surface area (Å²) in [7, 11) is 3.60. The second-order valence-electron chi connectivity index (χ2n) is 4.60. The Bertz CT molecular complexity index is 551. The highest BCUT2D eigenvalue weighted by molar-refractivity contribution is 5.36. The fraction of sp³-hybridized carbons (Fsp3) is 0.333. The molecule has 0 bridgehead atoms. The number of aromatic nitrogens is 1. The van der Waals surface area contributed by atoms with E-state index in [2.05, 4.69) is 16.0 Å². The van der Waals surface area contributed by atoms with Gasteiger partial charge in [-0.3, -0.25) is 0 Å². The molecule has 2 rings (SSSR count). The van der Waals surface area contributed by atoms with Crippen LogP contribution >= 0.6 is 0 Å². The van der Waals surface area contributed by atoms with E-state index < -0.39 is 0 Å². The van der Waals surface area contributed by atoms with Crippen molar-refractivity contribution in [3.05, 3.63) is 53.6 Å². The largest absolute Gasteiger partial charge is 0.496 e. The molecule has 102 valence electrons. The van der Waals surface area contributed by atoms with Crippen LogP contribution in [0.5, 0.6) is 5.75 Å². The SMILES string of the molecule is COc1ccc(F)cc1C(C)NCc1cccn1C. The second kappa shape index (κ2) is 5.89. The van der Waals surface area contributed by atoms with Crippen molar-refractivity contribution >= 4 is 0 Å². The van der Waals surface area contributed by atoms with Crippen LogP contribution in [-0.4, -0.2) is 11.7 Å². The molecular weight excluding hydrogens is 243 g/mol. The summed E-state index contributed by atoms with van der Waals surface area (Å²) in [5.74, 6) is 0.455. The normalized spacial score (nSPS) is 12.4. The van der Waals surface area contributed by atoms with Crippen molar-refractivity contribution in [2.45, 2.75) is 19.5 Å². The van der Waals surface area contributed by atoms with E-state index in [0.717, 1.165) is 12.1 Å². The predicted molar refractivity (Wildman–Crippen MR) is 73.6 cm³/mol. The van der Waals surface area contributed by atoms with Gasteiger partial charge in [0.05, 0.1) is 7.11 Å². The van der Waals surface area contributed by atoms with E-state index in [-0.39, 0.29) is 11.9 Å². The third kappa shape index (κ3) is 3.15. The molecule has 3 nitrogen and oxygen atoms in total. The standard InChI is InChI=1S/C15H19FN2O/c1-11(17-10-13-5-4-8-18(13)2)14-9-12(16)6-7-15(14)19-3/h4-9,11,17H,10H2,1-3H3. The highest BCUT2D eigenvalue weighted by atomic mass is 19.1. The summed E-state index contributed by atoms with van der Waals surface area (Å²) in [5, 5.41) is 3.38. The molecule has 1 unspecified atom stereocenters. The van der Waals surface area contributed by atoms with Crippen molar-refractivity contribution in [2.24, 2.45) is 7.05 Å². The summed E-state index contributed by atoms with van der Waals surface area (Å²) in [4.78, 5) is 0. The minimum Gasteiger partial charge on any atom is -0.496 e. The number of nitrogens with zero attached hydrogens (tertiary/aromatic N) is 1. The Hall–Kier alpha value is -1.81. The second-order valence-corrected chi connectivity index (χ2v) is 4.60. The number of hydrogen-bond acceptors (Lipinski definition) is 2. The van der Waals surface area contributed by atoms with E-state index in [1.165, 1.54) is 17.8 Å². The molecular formula is C15H19FN2O. The number of ether oxygens (including phenoxy) is 1. The maximum atomic E-state index is 13.3. The van der Waals surface area contributed by atoms with Gasteiger partial charge in [0.2, 0.25) is 0 Å². The maximum absolute atomic E-state index is 13.3. The first kappa shape index (κ1) is 13.6. The van der Waals surface area contributed by atoms with Crippen molar-refractivity contribution in [2.75, 3.05) is 7.11 Å². The topological polar surface area (TPSA) is 26.2 Å². The van der Waals surface area contributed by atoms with Gasteiger partial charge in [0.15, 0.2) is 0 Å². The van der Waals surface area contributed by atoms with Crippen molar-refractivity contribution < 1.29 is 9.13 Å². The summed E-state index contributed by atoms with van der Waals surface area (Å²) in [6.45, 7) is 2.73. The van der Waals surface area contributed by atoms with Gasteiger partial charge in [0.1, 0.15) is 11.6 Å². The average molecular weight is 262 g/mol. The number of nitrogens with one attached hydrogen (secondary N) is 1. The molecule has 0 aliphatic carbocycles. The minimum atomic E-state index is -0.247. The van der Waals surface area contributed by atoms with E-state index in [1.807, 2.05) is 26.2 Å². The Morgan fingerprint density at radius 1 is 1.37 bits per heavy atom. The van der Waals surface area contributed by atoms with Crippen molar-refractivity contribution in [3.63, 3.8) is 0 Å². The summed E-state index contributed by atoms with van der Waals surface area (Å²) >= 11 is 0. The molecule has 0 fully saturated rings. The van der Waals surface area contributed by atoms with Crippen LogP contribution in [0.1, 0.15) is 24.2 Å². The van der Waals surface area contributed by atoms with Crippen molar-refractivity contribution in [3.8, 4) is 5.75 Å². The van der Waals surface area contributed by atoms with Gasteiger partial charge in [-0.25, -0.2) is 4.39 Å². The van der Waals surface area contributed by atoms with Crippen LogP contribution in [0.3, 0.4) is 0 Å². The quantitative estimate of drug-likeness (QED) is 0.896. The highest BCUT2D eigenvalue weighted by Crippen LogP contribution is 2.25. The summed E-state index contributed by atoms with van der Waals surface area (Å²) in [5.41, 5.74) is 2.01. The van der Waals surface area contributed by atoms with Crippen LogP contribution < -0.4 is 10.1 Å². The Labute approximate surface area is 113 Å². The molecule has 0 aliphatic rings. The van der Waals surface area contributed by atoms with Crippen molar-refractivity contribution in [1.29, 1.82) is 0 Å². The van der Waals surface area contributed by atoms with Crippen LogP contribution in [0, 0.1) is 5.82 Å². The molecule has 0 radical (unpaired) electrons. The Kier molecular flexibility index (Phi) is 4.22. The van der Waals surface area contributed by atoms with Crippen LogP contribution in [0.4, 0.5) is 4.39 Å². The lowest BCUT2D eigenvalue weighted by molar-refractivity contribution is 0.399. The molecule has 2 aromatic rings. The summed E-state index contributed by atoms with van der Waals surface area (Å²) in [6, 6.07) is 8.66. The molecule has 1 aromatic carbocycles. The van der Waals surface area contributed by atoms with Gasteiger partial charge in [0.25, 0.3) is 0 Å². The van der Waals surface area contributed by atoms with Gasteiger partial charge in [0, 0.05) is 37.1 Å². The third-order valence-electron chi connectivity index (χ3n) is 3.30. The van der Waals surface area contributed by atoms with Crippen LogP contribution in [-0.2, 0) is 13.6 Å². The van der Waals surface area contributed by atoms with Gasteiger partial charge >= 0.3 is 0 Å². The Morgan fingerprint density at radius 2 is 2.16 bits per heavy atom.